The molecule has 0 bridgehead atoms. The van der Waals surface area contributed by atoms with Gasteiger partial charge in [0, 0.05) is 26.2 Å². The zero-order valence-electron chi connectivity index (χ0n) is 18.1. The molecule has 0 unspecified atom stereocenters. The minimum atomic E-state index is -0.534. The fraction of sp³-hybridized carbons (Fsp3) is 0.609. The second-order valence-electron chi connectivity index (χ2n) is 9.41. The van der Waals surface area contributed by atoms with Gasteiger partial charge in [-0.1, -0.05) is 12.1 Å². The average Bonchev–Trinajstić information content (AvgIpc) is 3.16. The molecule has 2 aliphatic rings. The average molecular weight is 414 g/mol. The standard InChI is InChI=1S/C23H31N3O4/c1-23(2,3)30-22(28)26-13-7-9-17(15-26)21(27)25-12-6-8-16(14-25)20-24-18-10-4-5-11-19(18)29-20/h4-5,10-11,16-17H,6-9,12-15H2,1-3H3/t16-,17-/m0/s1. The molecule has 2 atom stereocenters. The van der Waals surface area contributed by atoms with Crippen molar-refractivity contribution in [1.82, 2.24) is 14.8 Å². The summed E-state index contributed by atoms with van der Waals surface area (Å²) >= 11 is 0. The summed E-state index contributed by atoms with van der Waals surface area (Å²) in [6, 6.07) is 7.75. The molecule has 3 heterocycles. The van der Waals surface area contributed by atoms with E-state index in [1.54, 1.807) is 4.90 Å². The number of hydrogen-bond acceptors (Lipinski definition) is 5. The summed E-state index contributed by atoms with van der Waals surface area (Å²) in [6.07, 6.45) is 3.19. The maximum absolute atomic E-state index is 13.3. The van der Waals surface area contributed by atoms with Gasteiger partial charge in [0.1, 0.15) is 11.1 Å². The number of piperidine rings is 2. The quantitative estimate of drug-likeness (QED) is 0.738. The molecule has 4 rings (SSSR count). The SMILES string of the molecule is CC(C)(C)OC(=O)N1CCC[C@H](C(=O)N2CCC[C@H](c3nc4ccccc4o3)C2)C1. The molecule has 0 saturated carbocycles. The highest BCUT2D eigenvalue weighted by Crippen LogP contribution is 2.30. The van der Waals surface area contributed by atoms with Gasteiger partial charge in [0.2, 0.25) is 5.91 Å². The van der Waals surface area contributed by atoms with Crippen molar-refractivity contribution in [2.45, 2.75) is 58.0 Å². The van der Waals surface area contributed by atoms with Crippen molar-refractivity contribution in [3.05, 3.63) is 30.2 Å². The number of amides is 2. The number of likely N-dealkylation sites (tertiary alicyclic amines) is 2. The first-order chi connectivity index (χ1) is 14.3. The Bertz CT molecular complexity index is 884. The Morgan fingerprint density at radius 2 is 1.80 bits per heavy atom. The lowest BCUT2D eigenvalue weighted by atomic mass is 9.93. The second kappa shape index (κ2) is 8.28. The van der Waals surface area contributed by atoms with Crippen molar-refractivity contribution in [2.24, 2.45) is 5.92 Å². The molecule has 7 heteroatoms. The van der Waals surface area contributed by atoms with Gasteiger partial charge in [-0.15, -0.1) is 0 Å². The molecular weight excluding hydrogens is 382 g/mol. The smallest absolute Gasteiger partial charge is 0.410 e. The number of fused-ring (bicyclic) bond motifs is 1. The molecule has 0 N–H and O–H groups in total. The molecule has 162 valence electrons. The van der Waals surface area contributed by atoms with Gasteiger partial charge in [-0.25, -0.2) is 9.78 Å². The third-order valence-electron chi connectivity index (χ3n) is 5.82. The van der Waals surface area contributed by atoms with E-state index in [9.17, 15) is 9.59 Å². The van der Waals surface area contributed by atoms with Crippen LogP contribution in [0.25, 0.3) is 11.1 Å². The van der Waals surface area contributed by atoms with Crippen LogP contribution in [0, 0.1) is 5.92 Å². The van der Waals surface area contributed by atoms with Crippen LogP contribution < -0.4 is 0 Å². The van der Waals surface area contributed by atoms with Crippen LogP contribution in [0.4, 0.5) is 4.79 Å². The van der Waals surface area contributed by atoms with Crippen molar-refractivity contribution in [3.63, 3.8) is 0 Å². The third kappa shape index (κ3) is 4.60. The molecule has 2 aromatic rings. The first-order valence-electron chi connectivity index (χ1n) is 10.9. The van der Waals surface area contributed by atoms with Gasteiger partial charge in [0.15, 0.2) is 11.5 Å². The number of oxazole rings is 1. The zero-order valence-corrected chi connectivity index (χ0v) is 18.1. The summed E-state index contributed by atoms with van der Waals surface area (Å²) in [7, 11) is 0. The molecule has 30 heavy (non-hydrogen) atoms. The molecule has 0 aliphatic carbocycles. The molecule has 1 aromatic heterocycles. The Morgan fingerprint density at radius 1 is 1.07 bits per heavy atom. The maximum Gasteiger partial charge on any atom is 0.410 e. The number of ether oxygens (including phenoxy) is 1. The highest BCUT2D eigenvalue weighted by molar-refractivity contribution is 5.80. The van der Waals surface area contributed by atoms with Crippen LogP contribution in [0.2, 0.25) is 0 Å². The molecule has 0 radical (unpaired) electrons. The van der Waals surface area contributed by atoms with Crippen LogP contribution in [-0.4, -0.2) is 58.6 Å². The van der Waals surface area contributed by atoms with E-state index in [-0.39, 0.29) is 23.8 Å². The lowest BCUT2D eigenvalue weighted by molar-refractivity contribution is -0.138. The van der Waals surface area contributed by atoms with Gasteiger partial charge in [-0.3, -0.25) is 4.79 Å². The van der Waals surface area contributed by atoms with Crippen LogP contribution in [0.1, 0.15) is 58.3 Å². The van der Waals surface area contributed by atoms with Crippen molar-refractivity contribution in [2.75, 3.05) is 26.2 Å². The van der Waals surface area contributed by atoms with E-state index in [2.05, 4.69) is 4.98 Å². The van der Waals surface area contributed by atoms with Gasteiger partial charge < -0.3 is 19.0 Å². The predicted molar refractivity (Wildman–Crippen MR) is 113 cm³/mol. The largest absolute Gasteiger partial charge is 0.444 e. The molecule has 2 saturated heterocycles. The highest BCUT2D eigenvalue weighted by atomic mass is 16.6. The highest BCUT2D eigenvalue weighted by Gasteiger charge is 2.35. The van der Waals surface area contributed by atoms with Crippen molar-refractivity contribution >= 4 is 23.1 Å². The summed E-state index contributed by atoms with van der Waals surface area (Å²) < 4.78 is 11.5. The third-order valence-corrected chi connectivity index (χ3v) is 5.82. The number of carbonyl (C=O) groups is 2. The van der Waals surface area contributed by atoms with Gasteiger partial charge in [-0.2, -0.15) is 0 Å². The summed E-state index contributed by atoms with van der Waals surface area (Å²) in [6.45, 7) is 8.02. The monoisotopic (exact) mass is 413 g/mol. The topological polar surface area (TPSA) is 75.9 Å². The van der Waals surface area contributed by atoms with Crippen LogP contribution in [0.3, 0.4) is 0 Å². The van der Waals surface area contributed by atoms with E-state index in [1.165, 1.54) is 0 Å². The van der Waals surface area contributed by atoms with Crippen LogP contribution >= 0.6 is 0 Å². The number of benzene rings is 1. The molecule has 2 fully saturated rings. The minimum absolute atomic E-state index is 0.112. The van der Waals surface area contributed by atoms with E-state index < -0.39 is 5.60 Å². The van der Waals surface area contributed by atoms with Crippen LogP contribution in [0.5, 0.6) is 0 Å². The number of aromatic nitrogens is 1. The van der Waals surface area contributed by atoms with Crippen molar-refractivity contribution in [3.8, 4) is 0 Å². The Hall–Kier alpha value is -2.57. The van der Waals surface area contributed by atoms with E-state index in [0.29, 0.717) is 25.5 Å². The number of para-hydroxylation sites is 2. The lowest BCUT2D eigenvalue weighted by Crippen LogP contribution is -2.49. The van der Waals surface area contributed by atoms with E-state index >= 15 is 0 Å². The Labute approximate surface area is 177 Å². The van der Waals surface area contributed by atoms with Gasteiger partial charge in [0.25, 0.3) is 0 Å². The van der Waals surface area contributed by atoms with E-state index in [4.69, 9.17) is 9.15 Å². The maximum atomic E-state index is 13.3. The molecular formula is C23H31N3O4. The first kappa shape index (κ1) is 20.7. The summed E-state index contributed by atoms with van der Waals surface area (Å²) in [5.74, 6) is 0.783. The second-order valence-corrected chi connectivity index (χ2v) is 9.41. The fourth-order valence-corrected chi connectivity index (χ4v) is 4.37. The Morgan fingerprint density at radius 3 is 2.57 bits per heavy atom. The van der Waals surface area contributed by atoms with Crippen LogP contribution in [-0.2, 0) is 9.53 Å². The predicted octanol–water partition coefficient (Wildman–Crippen LogP) is 4.18. The fourth-order valence-electron chi connectivity index (χ4n) is 4.37. The lowest BCUT2D eigenvalue weighted by Gasteiger charge is -2.38. The van der Waals surface area contributed by atoms with Gasteiger partial charge >= 0.3 is 6.09 Å². The molecule has 1 aromatic carbocycles. The molecule has 2 amide bonds. The molecule has 7 nitrogen and oxygen atoms in total. The van der Waals surface area contributed by atoms with Crippen molar-refractivity contribution in [1.29, 1.82) is 0 Å². The summed E-state index contributed by atoms with van der Waals surface area (Å²) in [4.78, 5) is 33.9. The number of rotatable bonds is 2. The Balaban J connectivity index is 1.40. The van der Waals surface area contributed by atoms with Gasteiger partial charge in [-0.05, 0) is 58.6 Å². The minimum Gasteiger partial charge on any atom is -0.444 e. The van der Waals surface area contributed by atoms with E-state index in [0.717, 1.165) is 43.3 Å². The number of carbonyl (C=O) groups excluding carboxylic acids is 2. The first-order valence-corrected chi connectivity index (χ1v) is 10.9. The molecule has 0 spiro atoms. The summed E-state index contributed by atoms with van der Waals surface area (Å²) in [5, 5.41) is 0. The normalized spacial score (nSPS) is 22.9. The summed E-state index contributed by atoms with van der Waals surface area (Å²) in [5.41, 5.74) is 1.11. The van der Waals surface area contributed by atoms with Crippen LogP contribution in [0.15, 0.2) is 28.7 Å². The number of hydrogen-bond donors (Lipinski definition) is 0. The van der Waals surface area contributed by atoms with E-state index in [1.807, 2.05) is 49.9 Å². The number of nitrogens with zero attached hydrogens (tertiary/aromatic N) is 3. The van der Waals surface area contributed by atoms with Crippen molar-refractivity contribution < 1.29 is 18.7 Å². The van der Waals surface area contributed by atoms with Gasteiger partial charge in [0.05, 0.1) is 11.8 Å². The molecule has 2 aliphatic heterocycles. The zero-order chi connectivity index (χ0) is 21.3. The Kier molecular flexibility index (Phi) is 5.71.